The summed E-state index contributed by atoms with van der Waals surface area (Å²) in [6.45, 7) is 1.29. The average Bonchev–Trinajstić information content (AvgIpc) is 3.08. The summed E-state index contributed by atoms with van der Waals surface area (Å²) in [5.74, 6) is -2.09. The number of carbonyl (C=O) groups excluding carboxylic acids is 2. The van der Waals surface area contributed by atoms with Gasteiger partial charge in [-0.2, -0.15) is 0 Å². The largest absolute Gasteiger partial charge is 0.508 e. The molecule has 8 heteroatoms. The number of rotatable bonds is 8. The number of carbonyl (C=O) groups is 3. The second-order valence-electron chi connectivity index (χ2n) is 6.12. The maximum Gasteiger partial charge on any atom is 0.326 e. The first-order valence-electron chi connectivity index (χ1n) is 8.24. The van der Waals surface area contributed by atoms with Crippen molar-refractivity contribution in [3.63, 3.8) is 0 Å². The molecule has 0 spiro atoms. The van der Waals surface area contributed by atoms with Gasteiger partial charge < -0.3 is 25.6 Å². The molecule has 0 aromatic heterocycles. The minimum Gasteiger partial charge on any atom is -0.508 e. The van der Waals surface area contributed by atoms with Crippen molar-refractivity contribution in [2.75, 3.05) is 0 Å². The third kappa shape index (κ3) is 5.80. The maximum absolute atomic E-state index is 12.5. The number of carboxylic acids is 1. The topological polar surface area (TPSA) is 125 Å². The van der Waals surface area contributed by atoms with E-state index in [0.717, 1.165) is 0 Å². The molecule has 0 radical (unpaired) electrons. The van der Waals surface area contributed by atoms with E-state index in [0.29, 0.717) is 12.0 Å². The Kier molecular flexibility index (Phi) is 6.60. The molecule has 3 atom stereocenters. The van der Waals surface area contributed by atoms with Crippen molar-refractivity contribution in [1.82, 2.24) is 10.6 Å². The first kappa shape index (κ1) is 19.3. The minimum absolute atomic E-state index is 0.0512. The minimum atomic E-state index is -1.19. The molecule has 0 saturated heterocycles. The SMILES string of the molecule is CC(=O)N[C@@H](CC1CC=CO1)C(=O)N[C@H](Cc1ccc(O)cc1)C(=O)O. The molecule has 8 nitrogen and oxygen atoms in total. The van der Waals surface area contributed by atoms with E-state index in [9.17, 15) is 24.6 Å². The van der Waals surface area contributed by atoms with Crippen molar-refractivity contribution in [3.05, 3.63) is 42.2 Å². The van der Waals surface area contributed by atoms with Gasteiger partial charge >= 0.3 is 5.97 Å². The first-order valence-corrected chi connectivity index (χ1v) is 8.24. The van der Waals surface area contributed by atoms with E-state index in [1.54, 1.807) is 12.1 Å². The van der Waals surface area contributed by atoms with Crippen molar-refractivity contribution in [2.45, 2.75) is 44.4 Å². The third-order valence-electron chi connectivity index (χ3n) is 3.95. The van der Waals surface area contributed by atoms with Gasteiger partial charge in [-0.3, -0.25) is 9.59 Å². The summed E-state index contributed by atoms with van der Waals surface area (Å²) in [5, 5.41) is 23.7. The van der Waals surface area contributed by atoms with E-state index >= 15 is 0 Å². The van der Waals surface area contributed by atoms with Crippen LogP contribution in [0.2, 0.25) is 0 Å². The zero-order valence-electron chi connectivity index (χ0n) is 14.3. The number of amides is 2. The number of aromatic hydroxyl groups is 1. The fraction of sp³-hybridized carbons (Fsp3) is 0.389. The van der Waals surface area contributed by atoms with Crippen LogP contribution in [0.1, 0.15) is 25.3 Å². The second-order valence-corrected chi connectivity index (χ2v) is 6.12. The summed E-state index contributed by atoms with van der Waals surface area (Å²) in [6.07, 6.45) is 4.04. The van der Waals surface area contributed by atoms with Gasteiger partial charge in [0.25, 0.3) is 0 Å². The van der Waals surface area contributed by atoms with Crippen LogP contribution in [0.4, 0.5) is 0 Å². The van der Waals surface area contributed by atoms with E-state index in [4.69, 9.17) is 4.74 Å². The number of ether oxygens (including phenoxy) is 1. The molecule has 0 aliphatic carbocycles. The Hall–Kier alpha value is -3.03. The van der Waals surface area contributed by atoms with Crippen LogP contribution in [0.5, 0.6) is 5.75 Å². The zero-order chi connectivity index (χ0) is 19.1. The summed E-state index contributed by atoms with van der Waals surface area (Å²) < 4.78 is 5.32. The Bertz CT molecular complexity index is 677. The van der Waals surface area contributed by atoms with Gasteiger partial charge in [0.05, 0.1) is 6.26 Å². The van der Waals surface area contributed by atoms with Crippen LogP contribution >= 0.6 is 0 Å². The van der Waals surface area contributed by atoms with Crippen LogP contribution in [0.25, 0.3) is 0 Å². The number of benzene rings is 1. The van der Waals surface area contributed by atoms with Crippen molar-refractivity contribution < 1.29 is 29.3 Å². The average molecular weight is 362 g/mol. The molecule has 1 heterocycles. The molecule has 140 valence electrons. The van der Waals surface area contributed by atoms with E-state index < -0.39 is 24.0 Å². The predicted octanol–water partition coefficient (Wildman–Crippen LogP) is 0.701. The number of nitrogens with one attached hydrogen (secondary N) is 2. The zero-order valence-corrected chi connectivity index (χ0v) is 14.3. The van der Waals surface area contributed by atoms with Crippen LogP contribution in [0.3, 0.4) is 0 Å². The summed E-state index contributed by atoms with van der Waals surface area (Å²) in [6, 6.07) is 4.01. The van der Waals surface area contributed by atoms with Gasteiger partial charge in [0.2, 0.25) is 11.8 Å². The highest BCUT2D eigenvalue weighted by molar-refractivity contribution is 5.90. The molecule has 2 rings (SSSR count). The molecule has 4 N–H and O–H groups in total. The highest BCUT2D eigenvalue weighted by Crippen LogP contribution is 2.15. The number of aliphatic carboxylic acids is 1. The quantitative estimate of drug-likeness (QED) is 0.540. The van der Waals surface area contributed by atoms with Crippen LogP contribution < -0.4 is 10.6 Å². The van der Waals surface area contributed by atoms with Gasteiger partial charge in [-0.05, 0) is 23.8 Å². The van der Waals surface area contributed by atoms with Crippen LogP contribution in [0, 0.1) is 0 Å². The number of hydrogen-bond acceptors (Lipinski definition) is 5. The van der Waals surface area contributed by atoms with Crippen LogP contribution in [-0.2, 0) is 25.5 Å². The van der Waals surface area contributed by atoms with Crippen molar-refractivity contribution in [3.8, 4) is 5.75 Å². The maximum atomic E-state index is 12.5. The molecule has 1 aliphatic heterocycles. The van der Waals surface area contributed by atoms with Gasteiger partial charge in [0.1, 0.15) is 23.9 Å². The molecular weight excluding hydrogens is 340 g/mol. The second kappa shape index (κ2) is 8.89. The molecule has 1 aromatic rings. The lowest BCUT2D eigenvalue weighted by Crippen LogP contribution is -2.52. The van der Waals surface area contributed by atoms with Gasteiger partial charge in [-0.25, -0.2) is 4.79 Å². The van der Waals surface area contributed by atoms with E-state index in [-0.39, 0.29) is 30.6 Å². The first-order chi connectivity index (χ1) is 12.3. The number of phenols is 1. The number of hydrogen-bond donors (Lipinski definition) is 4. The molecule has 1 unspecified atom stereocenters. The Morgan fingerprint density at radius 2 is 1.88 bits per heavy atom. The van der Waals surface area contributed by atoms with Crippen molar-refractivity contribution in [1.29, 1.82) is 0 Å². The van der Waals surface area contributed by atoms with Crippen molar-refractivity contribution in [2.24, 2.45) is 0 Å². The van der Waals surface area contributed by atoms with Gasteiger partial charge in [-0.15, -0.1) is 0 Å². The monoisotopic (exact) mass is 362 g/mol. The highest BCUT2D eigenvalue weighted by atomic mass is 16.5. The lowest BCUT2D eigenvalue weighted by atomic mass is 10.0. The molecule has 1 aliphatic rings. The molecular formula is C18H22N2O6. The fourth-order valence-electron chi connectivity index (χ4n) is 2.66. The lowest BCUT2D eigenvalue weighted by Gasteiger charge is -2.23. The molecule has 26 heavy (non-hydrogen) atoms. The number of phenolic OH excluding ortho intramolecular Hbond substituents is 1. The molecule has 0 saturated carbocycles. The molecule has 0 bridgehead atoms. The number of carboxylic acid groups (broad SMARTS) is 1. The van der Waals surface area contributed by atoms with E-state index in [1.165, 1.54) is 25.3 Å². The third-order valence-corrected chi connectivity index (χ3v) is 3.95. The Morgan fingerprint density at radius 1 is 1.19 bits per heavy atom. The summed E-state index contributed by atoms with van der Waals surface area (Å²) >= 11 is 0. The Balaban J connectivity index is 2.03. The van der Waals surface area contributed by atoms with Gasteiger partial charge in [-0.1, -0.05) is 12.1 Å². The molecule has 1 aromatic carbocycles. The Labute approximate surface area is 150 Å². The summed E-state index contributed by atoms with van der Waals surface area (Å²) in [4.78, 5) is 35.4. The summed E-state index contributed by atoms with van der Waals surface area (Å²) in [7, 11) is 0. The van der Waals surface area contributed by atoms with Gasteiger partial charge in [0, 0.05) is 26.2 Å². The van der Waals surface area contributed by atoms with E-state index in [2.05, 4.69) is 10.6 Å². The van der Waals surface area contributed by atoms with Crippen molar-refractivity contribution >= 4 is 17.8 Å². The normalized spacial score (nSPS) is 17.8. The molecule has 2 amide bonds. The Morgan fingerprint density at radius 3 is 2.42 bits per heavy atom. The summed E-state index contributed by atoms with van der Waals surface area (Å²) in [5.41, 5.74) is 0.648. The lowest BCUT2D eigenvalue weighted by molar-refractivity contribution is -0.142. The fourth-order valence-corrected chi connectivity index (χ4v) is 2.66. The van der Waals surface area contributed by atoms with E-state index in [1.807, 2.05) is 6.08 Å². The predicted molar refractivity (Wildman–Crippen MR) is 92.2 cm³/mol. The smallest absolute Gasteiger partial charge is 0.326 e. The van der Waals surface area contributed by atoms with Crippen LogP contribution in [0.15, 0.2) is 36.6 Å². The van der Waals surface area contributed by atoms with Gasteiger partial charge in [0.15, 0.2) is 0 Å². The highest BCUT2D eigenvalue weighted by Gasteiger charge is 2.29. The molecule has 0 fully saturated rings. The standard InChI is InChI=1S/C18H22N2O6/c1-11(21)19-15(10-14-3-2-8-26-14)17(23)20-16(18(24)25)9-12-4-6-13(22)7-5-12/h2,4-8,14-16,22H,3,9-10H2,1H3,(H,19,21)(H,20,23)(H,24,25)/t14?,15-,16+/m0/s1. The van der Waals surface area contributed by atoms with Crippen LogP contribution in [-0.4, -0.2) is 46.2 Å².